The fourth-order valence-electron chi connectivity index (χ4n) is 3.54. The molecular formula is C14H15NO5S. The Morgan fingerprint density at radius 1 is 1.33 bits per heavy atom. The second-order valence-corrected chi connectivity index (χ2v) is 6.25. The van der Waals surface area contributed by atoms with Gasteiger partial charge in [-0.15, -0.1) is 0 Å². The number of carbonyl (C=O) groups is 1. The van der Waals surface area contributed by atoms with Crippen LogP contribution in [0.3, 0.4) is 0 Å². The largest absolute Gasteiger partial charge is 0.497 e. The van der Waals surface area contributed by atoms with Crippen LogP contribution in [0.15, 0.2) is 24.3 Å². The van der Waals surface area contributed by atoms with Crippen LogP contribution in [0, 0.1) is 0 Å². The number of nitrogens with zero attached hydrogens (tertiary/aromatic N) is 1. The van der Waals surface area contributed by atoms with E-state index in [1.54, 1.807) is 12.0 Å². The molecular weight excluding hydrogens is 294 g/mol. The maximum atomic E-state index is 12.7. The molecule has 0 N–H and O–H groups in total. The van der Waals surface area contributed by atoms with E-state index in [4.69, 9.17) is 13.1 Å². The number of benzene rings is 1. The molecule has 1 aliphatic carbocycles. The molecule has 4 atom stereocenters. The van der Waals surface area contributed by atoms with Crippen LogP contribution >= 0.6 is 0 Å². The first-order chi connectivity index (χ1) is 10.2. The minimum atomic E-state index is -1.82. The molecule has 1 aromatic carbocycles. The first-order valence-corrected chi connectivity index (χ1v) is 7.93. The van der Waals surface area contributed by atoms with Gasteiger partial charge in [0.15, 0.2) is 0 Å². The molecule has 7 heteroatoms. The Kier molecular flexibility index (Phi) is 2.85. The fourth-order valence-corrected chi connectivity index (χ4v) is 4.52. The molecule has 3 fully saturated rings. The van der Waals surface area contributed by atoms with Gasteiger partial charge in [0.1, 0.15) is 11.9 Å². The SMILES string of the molecule is COc1ccc(N2C(=O)[C@]34O[S@](=O)O[C@H]3CCC[C@H]24)cc1. The molecule has 0 bridgehead atoms. The minimum absolute atomic E-state index is 0.108. The lowest BCUT2D eigenvalue weighted by Crippen LogP contribution is -2.79. The van der Waals surface area contributed by atoms with Gasteiger partial charge in [-0.05, 0) is 43.5 Å². The molecule has 3 aliphatic rings. The highest BCUT2D eigenvalue weighted by Gasteiger charge is 2.72. The second kappa shape index (κ2) is 4.53. The summed E-state index contributed by atoms with van der Waals surface area (Å²) < 4.78 is 27.3. The van der Waals surface area contributed by atoms with E-state index in [1.807, 2.05) is 24.3 Å². The Labute approximate surface area is 124 Å². The van der Waals surface area contributed by atoms with Crippen LogP contribution in [0.4, 0.5) is 5.69 Å². The maximum Gasteiger partial charge on any atom is 0.306 e. The third-order valence-electron chi connectivity index (χ3n) is 4.53. The van der Waals surface area contributed by atoms with Crippen LogP contribution in [-0.4, -0.2) is 35.0 Å². The third-order valence-corrected chi connectivity index (χ3v) is 5.33. The average Bonchev–Trinajstić information content (AvgIpc) is 2.87. The standard InChI is InChI=1S/C14H15NO5S/c1-18-10-7-5-9(6-8-10)15-11-3-2-4-12-14(11,13(15)16)20-21(17)19-12/h5-8,11-12H,2-4H2,1H3/t11-,12-,14+,21+/m0/s1. The van der Waals surface area contributed by atoms with Crippen molar-refractivity contribution in [1.29, 1.82) is 0 Å². The van der Waals surface area contributed by atoms with E-state index < -0.39 is 17.0 Å². The van der Waals surface area contributed by atoms with E-state index in [0.29, 0.717) is 6.42 Å². The van der Waals surface area contributed by atoms with E-state index in [9.17, 15) is 9.00 Å². The van der Waals surface area contributed by atoms with Crippen molar-refractivity contribution in [3.63, 3.8) is 0 Å². The first kappa shape index (κ1) is 13.2. The Morgan fingerprint density at radius 2 is 2.10 bits per heavy atom. The van der Waals surface area contributed by atoms with Gasteiger partial charge in [-0.25, -0.2) is 4.18 Å². The molecule has 0 unspecified atom stereocenters. The first-order valence-electron chi connectivity index (χ1n) is 6.93. The van der Waals surface area contributed by atoms with Gasteiger partial charge >= 0.3 is 11.4 Å². The molecule has 1 aromatic rings. The van der Waals surface area contributed by atoms with Crippen molar-refractivity contribution in [3.8, 4) is 5.75 Å². The minimum Gasteiger partial charge on any atom is -0.497 e. The fraction of sp³-hybridized carbons (Fsp3) is 0.500. The highest BCUT2D eigenvalue weighted by molar-refractivity contribution is 7.75. The normalized spacial score (nSPS) is 37.7. The van der Waals surface area contributed by atoms with Crippen molar-refractivity contribution < 1.29 is 22.1 Å². The molecule has 0 radical (unpaired) electrons. The topological polar surface area (TPSA) is 65.1 Å². The molecule has 21 heavy (non-hydrogen) atoms. The number of carbonyl (C=O) groups excluding carboxylic acids is 1. The van der Waals surface area contributed by atoms with Crippen molar-refractivity contribution in [2.75, 3.05) is 12.0 Å². The molecule has 2 heterocycles. The zero-order valence-electron chi connectivity index (χ0n) is 11.5. The van der Waals surface area contributed by atoms with E-state index in [2.05, 4.69) is 0 Å². The van der Waals surface area contributed by atoms with Crippen LogP contribution in [0.1, 0.15) is 19.3 Å². The van der Waals surface area contributed by atoms with E-state index >= 15 is 0 Å². The monoisotopic (exact) mass is 309 g/mol. The van der Waals surface area contributed by atoms with Crippen molar-refractivity contribution in [1.82, 2.24) is 0 Å². The number of hydrogen-bond donors (Lipinski definition) is 0. The molecule has 4 rings (SSSR count). The van der Waals surface area contributed by atoms with Gasteiger partial charge in [0.05, 0.1) is 13.2 Å². The second-order valence-electron chi connectivity index (χ2n) is 5.49. The van der Waals surface area contributed by atoms with Crippen LogP contribution in [0.5, 0.6) is 5.75 Å². The Morgan fingerprint density at radius 3 is 2.81 bits per heavy atom. The molecule has 1 amide bonds. The summed E-state index contributed by atoms with van der Waals surface area (Å²) in [6, 6.07) is 7.22. The lowest BCUT2D eigenvalue weighted by Gasteiger charge is -2.55. The summed E-state index contributed by atoms with van der Waals surface area (Å²) in [5, 5.41) is 0. The number of ether oxygens (including phenoxy) is 1. The Hall–Kier alpha value is -1.44. The zero-order valence-corrected chi connectivity index (χ0v) is 12.3. The predicted molar refractivity (Wildman–Crippen MR) is 75.0 cm³/mol. The zero-order chi connectivity index (χ0) is 14.6. The average molecular weight is 309 g/mol. The van der Waals surface area contributed by atoms with Crippen LogP contribution < -0.4 is 9.64 Å². The summed E-state index contributed by atoms with van der Waals surface area (Å²) >= 11 is -1.82. The van der Waals surface area contributed by atoms with Gasteiger partial charge in [0.2, 0.25) is 5.60 Å². The predicted octanol–water partition coefficient (Wildman–Crippen LogP) is 1.33. The van der Waals surface area contributed by atoms with E-state index in [1.165, 1.54) is 0 Å². The van der Waals surface area contributed by atoms with Gasteiger partial charge in [-0.2, -0.15) is 4.21 Å². The Bertz CT molecular complexity index is 618. The van der Waals surface area contributed by atoms with Crippen LogP contribution in [-0.2, 0) is 24.5 Å². The number of β-lactam (4-membered cyclic amide) rings is 1. The third kappa shape index (κ3) is 1.65. The summed E-state index contributed by atoms with van der Waals surface area (Å²) in [5.74, 6) is 0.581. The summed E-state index contributed by atoms with van der Waals surface area (Å²) in [5.41, 5.74) is -0.235. The number of anilines is 1. The lowest BCUT2D eigenvalue weighted by atomic mass is 9.69. The summed E-state index contributed by atoms with van der Waals surface area (Å²) in [4.78, 5) is 14.4. The molecule has 6 nitrogen and oxygen atoms in total. The van der Waals surface area contributed by atoms with Crippen LogP contribution in [0.25, 0.3) is 0 Å². The number of hydrogen-bond acceptors (Lipinski definition) is 5. The molecule has 2 aliphatic heterocycles. The van der Waals surface area contributed by atoms with Crippen molar-refractivity contribution >= 4 is 23.0 Å². The van der Waals surface area contributed by atoms with Crippen LogP contribution in [0.2, 0.25) is 0 Å². The van der Waals surface area contributed by atoms with Gasteiger partial charge in [-0.1, -0.05) is 0 Å². The van der Waals surface area contributed by atoms with Gasteiger partial charge in [-0.3, -0.25) is 8.98 Å². The number of methoxy groups -OCH3 is 1. The van der Waals surface area contributed by atoms with Gasteiger partial charge in [0, 0.05) is 5.69 Å². The van der Waals surface area contributed by atoms with E-state index in [0.717, 1.165) is 24.3 Å². The molecule has 1 spiro atoms. The highest BCUT2D eigenvalue weighted by atomic mass is 32.2. The molecule has 2 saturated heterocycles. The number of rotatable bonds is 2. The van der Waals surface area contributed by atoms with Crippen molar-refractivity contribution in [2.45, 2.75) is 37.0 Å². The molecule has 112 valence electrons. The lowest BCUT2D eigenvalue weighted by molar-refractivity contribution is -0.156. The maximum absolute atomic E-state index is 12.7. The Balaban J connectivity index is 1.67. The van der Waals surface area contributed by atoms with E-state index in [-0.39, 0.29) is 18.1 Å². The number of amides is 1. The van der Waals surface area contributed by atoms with Crippen molar-refractivity contribution in [2.24, 2.45) is 0 Å². The van der Waals surface area contributed by atoms with Gasteiger partial charge < -0.3 is 9.64 Å². The summed E-state index contributed by atoms with van der Waals surface area (Å²) in [6.45, 7) is 0. The van der Waals surface area contributed by atoms with Crippen molar-refractivity contribution in [3.05, 3.63) is 24.3 Å². The molecule has 0 aromatic heterocycles. The summed E-state index contributed by atoms with van der Waals surface area (Å²) in [7, 11) is 1.60. The quantitative estimate of drug-likeness (QED) is 0.771. The molecule has 1 saturated carbocycles. The highest BCUT2D eigenvalue weighted by Crippen LogP contribution is 2.51. The smallest absolute Gasteiger partial charge is 0.306 e. The van der Waals surface area contributed by atoms with Gasteiger partial charge in [0.25, 0.3) is 5.91 Å². The summed E-state index contributed by atoms with van der Waals surface area (Å²) in [6.07, 6.45) is 2.08.